The first-order chi connectivity index (χ1) is 9.74. The third-order valence-electron chi connectivity index (χ3n) is 4.45. The van der Waals surface area contributed by atoms with Crippen LogP contribution in [0, 0.1) is 0 Å². The van der Waals surface area contributed by atoms with E-state index in [1.165, 1.54) is 6.42 Å². The van der Waals surface area contributed by atoms with Gasteiger partial charge in [0.1, 0.15) is 17.6 Å². The molecule has 0 amide bonds. The fourth-order valence-corrected chi connectivity index (χ4v) is 3.08. The number of aliphatic hydroxyl groups excluding tert-OH is 1. The lowest BCUT2D eigenvalue weighted by molar-refractivity contribution is -0.153. The SMILES string of the molecule is COc1ccc(CO)c(OC2CCOC3(CCC3)C2)c1. The largest absolute Gasteiger partial charge is 0.497 e. The monoisotopic (exact) mass is 278 g/mol. The Hall–Kier alpha value is -1.26. The maximum atomic E-state index is 9.43. The van der Waals surface area contributed by atoms with Crippen LogP contribution >= 0.6 is 0 Å². The van der Waals surface area contributed by atoms with Gasteiger partial charge in [-0.3, -0.25) is 0 Å². The van der Waals surface area contributed by atoms with Gasteiger partial charge in [0.05, 0.1) is 25.9 Å². The molecule has 4 nitrogen and oxygen atoms in total. The van der Waals surface area contributed by atoms with Crippen LogP contribution in [0.25, 0.3) is 0 Å². The molecule has 1 aromatic carbocycles. The van der Waals surface area contributed by atoms with Gasteiger partial charge in [0.15, 0.2) is 0 Å². The minimum absolute atomic E-state index is 0.0201. The topological polar surface area (TPSA) is 47.9 Å². The van der Waals surface area contributed by atoms with E-state index in [1.54, 1.807) is 7.11 Å². The molecule has 1 N–H and O–H groups in total. The number of hydrogen-bond donors (Lipinski definition) is 1. The quantitative estimate of drug-likeness (QED) is 0.920. The van der Waals surface area contributed by atoms with Gasteiger partial charge in [-0.2, -0.15) is 0 Å². The number of ether oxygens (including phenoxy) is 3. The smallest absolute Gasteiger partial charge is 0.128 e. The molecule has 1 spiro atoms. The Morgan fingerprint density at radius 1 is 1.40 bits per heavy atom. The van der Waals surface area contributed by atoms with Gasteiger partial charge in [0, 0.05) is 24.5 Å². The normalized spacial score (nSPS) is 24.2. The second kappa shape index (κ2) is 5.62. The summed E-state index contributed by atoms with van der Waals surface area (Å²) in [7, 11) is 1.63. The number of hydrogen-bond acceptors (Lipinski definition) is 4. The summed E-state index contributed by atoms with van der Waals surface area (Å²) in [6, 6.07) is 5.55. The van der Waals surface area contributed by atoms with Gasteiger partial charge in [-0.1, -0.05) is 0 Å². The van der Waals surface area contributed by atoms with E-state index < -0.39 is 0 Å². The molecular weight excluding hydrogens is 256 g/mol. The minimum atomic E-state index is -0.0201. The average molecular weight is 278 g/mol. The maximum Gasteiger partial charge on any atom is 0.128 e. The lowest BCUT2D eigenvalue weighted by atomic mass is 9.74. The van der Waals surface area contributed by atoms with Gasteiger partial charge in [-0.25, -0.2) is 0 Å². The summed E-state index contributed by atoms with van der Waals surface area (Å²) in [4.78, 5) is 0. The summed E-state index contributed by atoms with van der Waals surface area (Å²) in [5.41, 5.74) is 0.876. The summed E-state index contributed by atoms with van der Waals surface area (Å²) < 4.78 is 17.3. The lowest BCUT2D eigenvalue weighted by Gasteiger charge is -2.47. The third kappa shape index (κ3) is 2.63. The Morgan fingerprint density at radius 3 is 2.90 bits per heavy atom. The molecule has 2 fully saturated rings. The van der Waals surface area contributed by atoms with Gasteiger partial charge in [-0.15, -0.1) is 0 Å². The molecule has 1 atom stereocenters. The molecule has 1 aromatic rings. The lowest BCUT2D eigenvalue weighted by Crippen LogP contribution is -2.48. The van der Waals surface area contributed by atoms with E-state index >= 15 is 0 Å². The van der Waals surface area contributed by atoms with Gasteiger partial charge < -0.3 is 19.3 Å². The highest BCUT2D eigenvalue weighted by Gasteiger charge is 2.43. The van der Waals surface area contributed by atoms with E-state index in [1.807, 2.05) is 18.2 Å². The third-order valence-corrected chi connectivity index (χ3v) is 4.45. The summed E-state index contributed by atoms with van der Waals surface area (Å²) >= 11 is 0. The van der Waals surface area contributed by atoms with Crippen LogP contribution in [0.3, 0.4) is 0 Å². The highest BCUT2D eigenvalue weighted by atomic mass is 16.5. The fourth-order valence-electron chi connectivity index (χ4n) is 3.08. The highest BCUT2D eigenvalue weighted by Crippen LogP contribution is 2.43. The molecular formula is C16H22O4. The molecule has 2 aliphatic rings. The van der Waals surface area contributed by atoms with Crippen LogP contribution in [-0.2, 0) is 11.3 Å². The molecule has 20 heavy (non-hydrogen) atoms. The molecule has 0 bridgehead atoms. The first kappa shape index (κ1) is 13.7. The van der Waals surface area contributed by atoms with Crippen molar-refractivity contribution in [3.05, 3.63) is 23.8 Å². The van der Waals surface area contributed by atoms with Crippen molar-refractivity contribution in [3.8, 4) is 11.5 Å². The van der Waals surface area contributed by atoms with Crippen molar-refractivity contribution < 1.29 is 19.3 Å². The number of aliphatic hydroxyl groups is 1. The number of benzene rings is 1. The van der Waals surface area contributed by atoms with Crippen LogP contribution in [-0.4, -0.2) is 30.5 Å². The van der Waals surface area contributed by atoms with Crippen LogP contribution in [0.15, 0.2) is 18.2 Å². The van der Waals surface area contributed by atoms with Crippen LogP contribution in [0.2, 0.25) is 0 Å². The predicted octanol–water partition coefficient (Wildman–Crippen LogP) is 2.67. The molecule has 3 rings (SSSR count). The molecule has 1 saturated carbocycles. The second-order valence-corrected chi connectivity index (χ2v) is 5.75. The molecule has 1 aliphatic heterocycles. The van der Waals surface area contributed by atoms with Crippen molar-refractivity contribution in [2.45, 2.75) is 50.4 Å². The molecule has 4 heteroatoms. The molecule has 0 aromatic heterocycles. The van der Waals surface area contributed by atoms with Crippen LogP contribution in [0.1, 0.15) is 37.7 Å². The van der Waals surface area contributed by atoms with E-state index in [4.69, 9.17) is 14.2 Å². The Kier molecular flexibility index (Phi) is 3.85. The minimum Gasteiger partial charge on any atom is -0.497 e. The molecule has 0 radical (unpaired) electrons. The van der Waals surface area contributed by atoms with Crippen molar-refractivity contribution in [1.29, 1.82) is 0 Å². The van der Waals surface area contributed by atoms with E-state index in [2.05, 4.69) is 0 Å². The Bertz CT molecular complexity index is 468. The first-order valence-electron chi connectivity index (χ1n) is 7.33. The van der Waals surface area contributed by atoms with Crippen LogP contribution in [0.5, 0.6) is 11.5 Å². The Morgan fingerprint density at radius 2 is 2.25 bits per heavy atom. The number of rotatable bonds is 4. The standard InChI is InChI=1S/C16H22O4/c1-18-13-4-3-12(11-17)15(9-13)20-14-5-8-19-16(10-14)6-2-7-16/h3-4,9,14,17H,2,5-8,10-11H2,1H3. The summed E-state index contributed by atoms with van der Waals surface area (Å²) in [6.45, 7) is 0.747. The van der Waals surface area contributed by atoms with Crippen molar-refractivity contribution >= 4 is 0 Å². The highest BCUT2D eigenvalue weighted by molar-refractivity contribution is 5.40. The van der Waals surface area contributed by atoms with Gasteiger partial charge >= 0.3 is 0 Å². The first-order valence-corrected chi connectivity index (χ1v) is 7.33. The summed E-state index contributed by atoms with van der Waals surface area (Å²) in [5.74, 6) is 1.48. The maximum absolute atomic E-state index is 9.43. The van der Waals surface area contributed by atoms with Crippen molar-refractivity contribution in [2.24, 2.45) is 0 Å². The van der Waals surface area contributed by atoms with Gasteiger partial charge in [0.2, 0.25) is 0 Å². The van der Waals surface area contributed by atoms with Gasteiger partial charge in [-0.05, 0) is 31.4 Å². The molecule has 110 valence electrons. The summed E-state index contributed by atoms with van der Waals surface area (Å²) in [6.07, 6.45) is 5.59. The zero-order chi connectivity index (χ0) is 14.0. The van der Waals surface area contributed by atoms with Crippen molar-refractivity contribution in [2.75, 3.05) is 13.7 Å². The van der Waals surface area contributed by atoms with Crippen LogP contribution < -0.4 is 9.47 Å². The van der Waals surface area contributed by atoms with E-state index in [9.17, 15) is 5.11 Å². The van der Waals surface area contributed by atoms with Gasteiger partial charge in [0.25, 0.3) is 0 Å². The van der Waals surface area contributed by atoms with E-state index in [0.29, 0.717) is 0 Å². The predicted molar refractivity (Wildman–Crippen MR) is 75.1 cm³/mol. The van der Waals surface area contributed by atoms with Crippen molar-refractivity contribution in [3.63, 3.8) is 0 Å². The Balaban J connectivity index is 1.73. The molecule has 1 unspecified atom stereocenters. The van der Waals surface area contributed by atoms with E-state index in [-0.39, 0.29) is 18.3 Å². The fraction of sp³-hybridized carbons (Fsp3) is 0.625. The zero-order valence-corrected chi connectivity index (χ0v) is 11.9. The van der Waals surface area contributed by atoms with Crippen molar-refractivity contribution in [1.82, 2.24) is 0 Å². The Labute approximate surface area is 119 Å². The van der Waals surface area contributed by atoms with E-state index in [0.717, 1.165) is 49.4 Å². The number of methoxy groups -OCH3 is 1. The molecule has 1 saturated heterocycles. The molecule has 1 heterocycles. The second-order valence-electron chi connectivity index (χ2n) is 5.75. The average Bonchev–Trinajstić information content (AvgIpc) is 2.46. The molecule has 1 aliphatic carbocycles. The summed E-state index contributed by atoms with van der Waals surface area (Å²) in [5, 5.41) is 9.43. The van der Waals surface area contributed by atoms with Crippen LogP contribution in [0.4, 0.5) is 0 Å². The zero-order valence-electron chi connectivity index (χ0n) is 11.9.